The highest BCUT2D eigenvalue weighted by Gasteiger charge is 2.46. The van der Waals surface area contributed by atoms with Crippen LogP contribution in [0.1, 0.15) is 32.3 Å². The van der Waals surface area contributed by atoms with Gasteiger partial charge < -0.3 is 21.3 Å². The number of carbonyl (C=O) groups excluding carboxylic acids is 2. The van der Waals surface area contributed by atoms with Crippen LogP contribution in [-0.2, 0) is 15.8 Å². The van der Waals surface area contributed by atoms with Crippen molar-refractivity contribution in [2.45, 2.75) is 55.0 Å². The van der Waals surface area contributed by atoms with Gasteiger partial charge in [-0.25, -0.2) is 0 Å². The first-order valence-electron chi connectivity index (χ1n) is 8.14. The maximum Gasteiger partial charge on any atom is 0.418 e. The fraction of sp³-hybridized carbons (Fsp3) is 0.500. The van der Waals surface area contributed by atoms with Gasteiger partial charge in [0.15, 0.2) is 0 Å². The summed E-state index contributed by atoms with van der Waals surface area (Å²) < 4.78 is 39.8. The Kier molecular flexibility index (Phi) is 4.82. The first kappa shape index (κ1) is 18.8. The van der Waals surface area contributed by atoms with Crippen LogP contribution in [-0.4, -0.2) is 29.0 Å². The molecule has 0 spiro atoms. The number of thioether (sulfide) groups is 1. The van der Waals surface area contributed by atoms with Crippen molar-refractivity contribution >= 4 is 29.3 Å². The minimum absolute atomic E-state index is 0.160. The van der Waals surface area contributed by atoms with Gasteiger partial charge in [0.25, 0.3) is 0 Å². The van der Waals surface area contributed by atoms with E-state index >= 15 is 0 Å². The molecule has 1 fully saturated rings. The van der Waals surface area contributed by atoms with E-state index in [1.807, 2.05) is 6.92 Å². The highest BCUT2D eigenvalue weighted by atomic mass is 32.2. The number of fused-ring (bicyclic) bond motifs is 1. The van der Waals surface area contributed by atoms with E-state index in [4.69, 9.17) is 0 Å². The molecule has 142 valence electrons. The first-order valence-corrected chi connectivity index (χ1v) is 8.95. The molecule has 2 aliphatic heterocycles. The van der Waals surface area contributed by atoms with E-state index in [-0.39, 0.29) is 17.6 Å². The van der Waals surface area contributed by atoms with Gasteiger partial charge in [-0.05, 0) is 31.9 Å². The molecule has 0 bridgehead atoms. The maximum atomic E-state index is 13.3. The molecule has 26 heavy (non-hydrogen) atoms. The van der Waals surface area contributed by atoms with Crippen LogP contribution in [0.3, 0.4) is 0 Å². The predicted octanol–water partition coefficient (Wildman–Crippen LogP) is 2.23. The van der Waals surface area contributed by atoms with Crippen molar-refractivity contribution in [3.63, 3.8) is 0 Å². The molecule has 0 saturated carbocycles. The van der Waals surface area contributed by atoms with E-state index < -0.39 is 28.8 Å². The lowest BCUT2D eigenvalue weighted by Gasteiger charge is -2.32. The monoisotopic (exact) mass is 388 g/mol. The second-order valence-electron chi connectivity index (χ2n) is 6.45. The normalized spacial score (nSPS) is 27.6. The zero-order valence-electron chi connectivity index (χ0n) is 14.2. The lowest BCUT2D eigenvalue weighted by atomic mass is 10.1. The van der Waals surface area contributed by atoms with E-state index in [2.05, 4.69) is 21.3 Å². The van der Waals surface area contributed by atoms with Crippen LogP contribution in [0.2, 0.25) is 0 Å². The van der Waals surface area contributed by atoms with E-state index in [0.29, 0.717) is 11.3 Å². The zero-order valence-corrected chi connectivity index (χ0v) is 15.0. The number of anilines is 1. The standard InChI is InChI=1S/C16H19F3N4O2S/c1-8-6-7-11(20-8)14(25)23-16(21-9(2)24)22-13-10(15(17,18)19)4-3-5-12(13)26-16/h3-5,8,11,20,22H,6-7H2,1-2H3,(H,21,24)(H,23,25)/t8?,11-,16?/m0/s1. The molecule has 10 heteroatoms. The number of carbonyl (C=O) groups is 2. The molecule has 1 saturated heterocycles. The highest BCUT2D eigenvalue weighted by molar-refractivity contribution is 8.01. The molecule has 2 heterocycles. The number of rotatable bonds is 3. The molecule has 6 nitrogen and oxygen atoms in total. The average Bonchev–Trinajstić information content (AvgIpc) is 3.08. The molecule has 4 N–H and O–H groups in total. The first-order chi connectivity index (χ1) is 12.1. The number of hydrogen-bond acceptors (Lipinski definition) is 5. The Balaban J connectivity index is 1.88. The number of alkyl halides is 3. The van der Waals surface area contributed by atoms with Crippen molar-refractivity contribution in [1.82, 2.24) is 16.0 Å². The number of nitrogens with one attached hydrogen (secondary N) is 4. The Morgan fingerprint density at radius 3 is 2.58 bits per heavy atom. The number of halogens is 3. The van der Waals surface area contributed by atoms with Gasteiger partial charge in [0.05, 0.1) is 17.3 Å². The predicted molar refractivity (Wildman–Crippen MR) is 91.2 cm³/mol. The minimum Gasteiger partial charge on any atom is -0.335 e. The summed E-state index contributed by atoms with van der Waals surface area (Å²) in [5.41, 5.74) is -1.01. The van der Waals surface area contributed by atoms with Crippen LogP contribution in [0.25, 0.3) is 0 Å². The van der Waals surface area contributed by atoms with Crippen molar-refractivity contribution in [2.24, 2.45) is 0 Å². The number of benzene rings is 1. The van der Waals surface area contributed by atoms with E-state index in [0.717, 1.165) is 24.2 Å². The maximum absolute atomic E-state index is 13.3. The largest absolute Gasteiger partial charge is 0.418 e. The Morgan fingerprint density at radius 1 is 1.27 bits per heavy atom. The van der Waals surface area contributed by atoms with E-state index in [1.165, 1.54) is 19.1 Å². The second-order valence-corrected chi connectivity index (χ2v) is 7.71. The van der Waals surface area contributed by atoms with Crippen LogP contribution in [0.5, 0.6) is 0 Å². The van der Waals surface area contributed by atoms with Crippen LogP contribution < -0.4 is 21.3 Å². The molecule has 1 aromatic carbocycles. The van der Waals surface area contributed by atoms with Crippen LogP contribution in [0.15, 0.2) is 23.1 Å². The van der Waals surface area contributed by atoms with Crippen molar-refractivity contribution in [1.29, 1.82) is 0 Å². The Morgan fingerprint density at radius 2 is 2.00 bits per heavy atom. The fourth-order valence-corrected chi connectivity index (χ4v) is 4.37. The number of para-hydroxylation sites is 1. The summed E-state index contributed by atoms with van der Waals surface area (Å²) >= 11 is 0.927. The van der Waals surface area contributed by atoms with E-state index in [9.17, 15) is 22.8 Å². The van der Waals surface area contributed by atoms with Gasteiger partial charge in [0, 0.05) is 17.9 Å². The zero-order chi connectivity index (χ0) is 19.1. The quantitative estimate of drug-likeness (QED) is 0.597. The third-order valence-electron chi connectivity index (χ3n) is 4.24. The van der Waals surface area contributed by atoms with Crippen LogP contribution in [0, 0.1) is 0 Å². The minimum atomic E-state index is -4.56. The molecular weight excluding hydrogens is 369 g/mol. The summed E-state index contributed by atoms with van der Waals surface area (Å²) in [5.74, 6) is -0.871. The van der Waals surface area contributed by atoms with Crippen LogP contribution >= 0.6 is 11.8 Å². The van der Waals surface area contributed by atoms with Gasteiger partial charge >= 0.3 is 6.18 Å². The smallest absolute Gasteiger partial charge is 0.335 e. The molecule has 1 aromatic rings. The van der Waals surface area contributed by atoms with Crippen molar-refractivity contribution < 1.29 is 22.8 Å². The summed E-state index contributed by atoms with van der Waals surface area (Å²) in [4.78, 5) is 24.5. The fourth-order valence-electron chi connectivity index (χ4n) is 3.13. The average molecular weight is 388 g/mol. The second kappa shape index (κ2) is 6.66. The lowest BCUT2D eigenvalue weighted by molar-refractivity contribution is -0.137. The lowest BCUT2D eigenvalue weighted by Crippen LogP contribution is -2.63. The SMILES string of the molecule is CC(=O)NC1(NC(=O)[C@@H]2CCC(C)N2)Nc2c(cccc2C(F)(F)F)S1. The molecule has 0 aromatic heterocycles. The van der Waals surface area contributed by atoms with Gasteiger partial charge in [-0.2, -0.15) is 13.2 Å². The summed E-state index contributed by atoms with van der Waals surface area (Å²) in [6.07, 6.45) is -3.11. The Hall–Kier alpha value is -1.94. The van der Waals surface area contributed by atoms with Crippen molar-refractivity contribution in [2.75, 3.05) is 5.32 Å². The molecule has 3 rings (SSSR count). The van der Waals surface area contributed by atoms with Crippen molar-refractivity contribution in [3.8, 4) is 0 Å². The van der Waals surface area contributed by atoms with Gasteiger partial charge in [-0.1, -0.05) is 17.8 Å². The third-order valence-corrected chi connectivity index (χ3v) is 5.41. The van der Waals surface area contributed by atoms with E-state index in [1.54, 1.807) is 0 Å². The summed E-state index contributed by atoms with van der Waals surface area (Å²) in [7, 11) is 0. The summed E-state index contributed by atoms with van der Waals surface area (Å²) in [5, 5.41) is 9.41. The summed E-state index contributed by atoms with van der Waals surface area (Å²) in [6.45, 7) is 3.19. The Labute approximate surface area is 152 Å². The van der Waals surface area contributed by atoms with Gasteiger partial charge in [-0.3, -0.25) is 9.59 Å². The molecule has 2 amide bonds. The summed E-state index contributed by atoms with van der Waals surface area (Å²) in [6, 6.07) is 3.48. The highest BCUT2D eigenvalue weighted by Crippen LogP contribution is 2.48. The molecule has 3 atom stereocenters. The molecule has 0 radical (unpaired) electrons. The van der Waals surface area contributed by atoms with Crippen molar-refractivity contribution in [3.05, 3.63) is 23.8 Å². The van der Waals surface area contributed by atoms with Gasteiger partial charge in [-0.15, -0.1) is 0 Å². The van der Waals surface area contributed by atoms with Crippen LogP contribution in [0.4, 0.5) is 18.9 Å². The molecular formula is C16H19F3N4O2S. The third kappa shape index (κ3) is 3.75. The Bertz CT molecular complexity index is 743. The molecule has 0 aliphatic carbocycles. The molecule has 2 unspecified atom stereocenters. The van der Waals surface area contributed by atoms with Gasteiger partial charge in [0.2, 0.25) is 16.9 Å². The van der Waals surface area contributed by atoms with Gasteiger partial charge in [0.1, 0.15) is 0 Å². The topological polar surface area (TPSA) is 82.3 Å². The number of hydrogen-bond donors (Lipinski definition) is 4. The number of amides is 2. The molecule has 2 aliphatic rings.